The Morgan fingerprint density at radius 2 is 2.16 bits per heavy atom. The van der Waals surface area contributed by atoms with Gasteiger partial charge in [0, 0.05) is 13.2 Å². The van der Waals surface area contributed by atoms with Crippen LogP contribution in [0.3, 0.4) is 0 Å². The molecule has 1 saturated heterocycles. The number of oxime groups is 1. The molecule has 0 radical (unpaired) electrons. The van der Waals surface area contributed by atoms with Crippen molar-refractivity contribution in [2.75, 3.05) is 13.2 Å². The zero-order chi connectivity index (χ0) is 14.5. The van der Waals surface area contributed by atoms with Crippen molar-refractivity contribution in [3.8, 4) is 0 Å². The van der Waals surface area contributed by atoms with Crippen LogP contribution in [0.1, 0.15) is 46.5 Å². The first-order chi connectivity index (χ1) is 8.94. The average molecular weight is 271 g/mol. The zero-order valence-corrected chi connectivity index (χ0v) is 12.0. The summed E-state index contributed by atoms with van der Waals surface area (Å²) in [4.78, 5) is 12.4. The van der Waals surface area contributed by atoms with E-state index in [-0.39, 0.29) is 17.3 Å². The Kier molecular flexibility index (Phi) is 5.17. The quantitative estimate of drug-likeness (QED) is 0.293. The molecule has 0 aromatic rings. The molecule has 1 unspecified atom stereocenters. The number of amides is 1. The lowest BCUT2D eigenvalue weighted by atomic mass is 9.80. The van der Waals surface area contributed by atoms with Crippen LogP contribution in [0.25, 0.3) is 0 Å². The maximum absolute atomic E-state index is 12.4. The number of hydrogen-bond donors (Lipinski definition) is 3. The molecule has 1 amide bonds. The van der Waals surface area contributed by atoms with Crippen molar-refractivity contribution >= 4 is 11.7 Å². The number of hydrogen-bond acceptors (Lipinski definition) is 4. The normalized spacial score (nSPS) is 24.5. The van der Waals surface area contributed by atoms with Gasteiger partial charge >= 0.3 is 0 Å². The molecule has 0 spiro atoms. The maximum atomic E-state index is 12.4. The second kappa shape index (κ2) is 6.23. The van der Waals surface area contributed by atoms with Gasteiger partial charge < -0.3 is 21.0 Å². The van der Waals surface area contributed by atoms with Gasteiger partial charge in [0.05, 0.1) is 5.60 Å². The third kappa shape index (κ3) is 3.18. The number of carbonyl (C=O) groups is 1. The molecule has 0 aromatic heterocycles. The van der Waals surface area contributed by atoms with E-state index in [1.165, 1.54) is 0 Å². The Hall–Kier alpha value is -1.30. The summed E-state index contributed by atoms with van der Waals surface area (Å²) in [6, 6.07) is 0. The van der Waals surface area contributed by atoms with Crippen LogP contribution in [0.15, 0.2) is 5.16 Å². The molecule has 19 heavy (non-hydrogen) atoms. The highest BCUT2D eigenvalue weighted by Crippen LogP contribution is 2.28. The summed E-state index contributed by atoms with van der Waals surface area (Å²) in [5.41, 5.74) is 4.46. The van der Waals surface area contributed by atoms with Gasteiger partial charge in [-0.3, -0.25) is 4.79 Å². The van der Waals surface area contributed by atoms with Crippen LogP contribution in [0.4, 0.5) is 0 Å². The molecule has 1 heterocycles. The molecule has 1 aliphatic rings. The van der Waals surface area contributed by atoms with Gasteiger partial charge in [0.15, 0.2) is 5.84 Å². The lowest BCUT2D eigenvalue weighted by molar-refractivity contribution is -0.129. The number of carbonyl (C=O) groups excluding carboxylic acids is 1. The van der Waals surface area contributed by atoms with Crippen molar-refractivity contribution in [1.29, 1.82) is 0 Å². The van der Waals surface area contributed by atoms with E-state index in [1.807, 2.05) is 20.8 Å². The minimum atomic E-state index is -0.941. The predicted octanol–water partition coefficient (Wildman–Crippen LogP) is 1.22. The first kappa shape index (κ1) is 15.8. The van der Waals surface area contributed by atoms with Crippen LogP contribution in [0.5, 0.6) is 0 Å². The fourth-order valence-electron chi connectivity index (χ4n) is 2.56. The lowest BCUT2D eigenvalue weighted by Gasteiger charge is -2.31. The molecule has 1 aliphatic heterocycles. The van der Waals surface area contributed by atoms with Crippen molar-refractivity contribution in [2.24, 2.45) is 16.3 Å². The van der Waals surface area contributed by atoms with E-state index in [4.69, 9.17) is 15.7 Å². The van der Waals surface area contributed by atoms with Crippen molar-refractivity contribution in [3.63, 3.8) is 0 Å². The van der Waals surface area contributed by atoms with E-state index in [2.05, 4.69) is 10.5 Å². The topological polar surface area (TPSA) is 96.9 Å². The fourth-order valence-corrected chi connectivity index (χ4v) is 2.56. The largest absolute Gasteiger partial charge is 0.409 e. The van der Waals surface area contributed by atoms with Crippen molar-refractivity contribution in [1.82, 2.24) is 5.32 Å². The van der Waals surface area contributed by atoms with Crippen LogP contribution in [-0.4, -0.2) is 35.7 Å². The third-order valence-corrected chi connectivity index (χ3v) is 4.16. The van der Waals surface area contributed by atoms with Crippen molar-refractivity contribution in [3.05, 3.63) is 0 Å². The van der Waals surface area contributed by atoms with Gasteiger partial charge in [-0.15, -0.1) is 0 Å². The van der Waals surface area contributed by atoms with E-state index in [1.54, 1.807) is 0 Å². The van der Waals surface area contributed by atoms with Crippen LogP contribution in [0, 0.1) is 5.41 Å². The monoisotopic (exact) mass is 271 g/mol. The molecule has 6 nitrogen and oxygen atoms in total. The van der Waals surface area contributed by atoms with E-state index >= 15 is 0 Å². The van der Waals surface area contributed by atoms with E-state index in [0.29, 0.717) is 19.4 Å². The Bertz CT molecular complexity index is 345. The standard InChI is InChI=1S/C13H25N3O3/c1-4-13(5-2,10(14)16-18)11(17)15-9-12(3)7-6-8-19-12/h18H,4-9H2,1-3H3,(H2,14,16)(H,15,17). The third-order valence-electron chi connectivity index (χ3n) is 4.16. The molecule has 1 rings (SSSR count). The van der Waals surface area contributed by atoms with Gasteiger partial charge in [-0.1, -0.05) is 19.0 Å². The highest BCUT2D eigenvalue weighted by molar-refractivity contribution is 6.06. The number of amidine groups is 1. The Balaban J connectivity index is 2.73. The number of ether oxygens (including phenoxy) is 1. The van der Waals surface area contributed by atoms with Crippen LogP contribution >= 0.6 is 0 Å². The van der Waals surface area contributed by atoms with Gasteiger partial charge in [0.1, 0.15) is 5.41 Å². The van der Waals surface area contributed by atoms with Crippen molar-refractivity contribution < 1.29 is 14.7 Å². The highest BCUT2D eigenvalue weighted by Gasteiger charge is 2.41. The summed E-state index contributed by atoms with van der Waals surface area (Å²) in [6.07, 6.45) is 2.92. The molecule has 110 valence electrons. The molecule has 1 atom stereocenters. The fraction of sp³-hybridized carbons (Fsp3) is 0.846. The first-order valence-corrected chi connectivity index (χ1v) is 6.84. The summed E-state index contributed by atoms with van der Waals surface area (Å²) in [6.45, 7) is 6.89. The number of nitrogens with two attached hydrogens (primary N) is 1. The van der Waals surface area contributed by atoms with Gasteiger partial charge in [-0.25, -0.2) is 0 Å². The Morgan fingerprint density at radius 1 is 1.53 bits per heavy atom. The Morgan fingerprint density at radius 3 is 2.58 bits per heavy atom. The minimum absolute atomic E-state index is 0.0347. The summed E-state index contributed by atoms with van der Waals surface area (Å²) >= 11 is 0. The number of nitrogens with one attached hydrogen (secondary N) is 1. The smallest absolute Gasteiger partial charge is 0.234 e. The second-order valence-corrected chi connectivity index (χ2v) is 5.36. The SMILES string of the molecule is CCC(CC)(C(=O)NCC1(C)CCCO1)C(N)=NO. The number of nitrogens with zero attached hydrogens (tertiary/aromatic N) is 1. The molecular formula is C13H25N3O3. The predicted molar refractivity (Wildman–Crippen MR) is 73.0 cm³/mol. The molecule has 1 fully saturated rings. The summed E-state index contributed by atoms with van der Waals surface area (Å²) in [7, 11) is 0. The molecule has 0 saturated carbocycles. The number of rotatable bonds is 6. The maximum Gasteiger partial charge on any atom is 0.234 e. The first-order valence-electron chi connectivity index (χ1n) is 6.84. The molecular weight excluding hydrogens is 246 g/mol. The zero-order valence-electron chi connectivity index (χ0n) is 12.0. The average Bonchev–Trinajstić information content (AvgIpc) is 2.85. The van der Waals surface area contributed by atoms with E-state index in [0.717, 1.165) is 19.4 Å². The molecule has 4 N–H and O–H groups in total. The van der Waals surface area contributed by atoms with E-state index in [9.17, 15) is 4.79 Å². The Labute approximate surface area is 114 Å². The lowest BCUT2D eigenvalue weighted by Crippen LogP contribution is -2.52. The summed E-state index contributed by atoms with van der Waals surface area (Å²) in [5.74, 6) is -0.239. The highest BCUT2D eigenvalue weighted by atomic mass is 16.5. The van der Waals surface area contributed by atoms with E-state index < -0.39 is 5.41 Å². The molecule has 0 bridgehead atoms. The van der Waals surface area contributed by atoms with Crippen LogP contribution in [-0.2, 0) is 9.53 Å². The molecule has 0 aliphatic carbocycles. The second-order valence-electron chi connectivity index (χ2n) is 5.36. The summed E-state index contributed by atoms with van der Waals surface area (Å²) in [5, 5.41) is 14.8. The minimum Gasteiger partial charge on any atom is -0.409 e. The van der Waals surface area contributed by atoms with Gasteiger partial charge in [0.2, 0.25) is 5.91 Å². The van der Waals surface area contributed by atoms with Gasteiger partial charge in [0.25, 0.3) is 0 Å². The van der Waals surface area contributed by atoms with Crippen molar-refractivity contribution in [2.45, 2.75) is 52.1 Å². The van der Waals surface area contributed by atoms with Gasteiger partial charge in [-0.2, -0.15) is 0 Å². The molecule has 6 heteroatoms. The summed E-state index contributed by atoms with van der Waals surface area (Å²) < 4.78 is 5.63. The van der Waals surface area contributed by atoms with Crippen LogP contribution in [0.2, 0.25) is 0 Å². The molecule has 0 aromatic carbocycles. The van der Waals surface area contributed by atoms with Crippen LogP contribution < -0.4 is 11.1 Å². The van der Waals surface area contributed by atoms with Gasteiger partial charge in [-0.05, 0) is 32.6 Å².